The molecular formula is C52H38N2O. The van der Waals surface area contributed by atoms with Gasteiger partial charge in [0, 0.05) is 34.0 Å². The van der Waals surface area contributed by atoms with Gasteiger partial charge in [0.05, 0.1) is 0 Å². The standard InChI is InChI=1S/C52H38N2O/c1-52-32-30-40-24-29-48-50(53-51(55-48)41-16-9-4-10-17-41)49(40)47(52)35-43(31-33-52)39-22-27-45(28-23-39)54(44-25-20-38(21-26-44)36-12-5-2-6-13-36)46-19-11-18-42(34-46)37-14-7-3-8-15-37/h2-35,47H,1H3. The fraction of sp³-hybridized carbons (Fsp3) is 0.0577. The third kappa shape index (κ3) is 6.00. The lowest BCUT2D eigenvalue weighted by Gasteiger charge is -2.38. The normalized spacial score (nSPS) is 17.0. The Balaban J connectivity index is 1.03. The molecule has 0 fully saturated rings. The molecule has 262 valence electrons. The number of aromatic nitrogens is 1. The molecule has 3 nitrogen and oxygen atoms in total. The molecule has 2 atom stereocenters. The van der Waals surface area contributed by atoms with Gasteiger partial charge in [-0.15, -0.1) is 0 Å². The molecule has 1 heterocycles. The highest BCUT2D eigenvalue weighted by Crippen LogP contribution is 2.51. The smallest absolute Gasteiger partial charge is 0.227 e. The summed E-state index contributed by atoms with van der Waals surface area (Å²) in [5, 5.41) is 0. The minimum absolute atomic E-state index is 0.102. The molecule has 10 rings (SSSR count). The van der Waals surface area contributed by atoms with E-state index in [9.17, 15) is 0 Å². The first-order valence-electron chi connectivity index (χ1n) is 18.9. The van der Waals surface area contributed by atoms with Gasteiger partial charge in [-0.25, -0.2) is 4.98 Å². The third-order valence-corrected chi connectivity index (χ3v) is 11.1. The van der Waals surface area contributed by atoms with E-state index in [4.69, 9.17) is 9.40 Å². The SMILES string of the molecule is CC12C=CC(c3ccc(N(c4ccc(-c5ccccc5)cc4)c4cccc(-c5ccccc5)c4)cc3)=CC1c1c(ccc3oc(-c4ccccc4)nc13)C=C2. The average Bonchev–Trinajstić information content (AvgIpc) is 3.70. The van der Waals surface area contributed by atoms with E-state index < -0.39 is 0 Å². The van der Waals surface area contributed by atoms with E-state index in [1.54, 1.807) is 0 Å². The van der Waals surface area contributed by atoms with E-state index in [0.29, 0.717) is 5.89 Å². The molecule has 0 amide bonds. The van der Waals surface area contributed by atoms with E-state index in [2.05, 4.69) is 188 Å². The summed E-state index contributed by atoms with van der Waals surface area (Å²) in [4.78, 5) is 7.44. The number of allylic oxidation sites excluding steroid dienone is 5. The molecule has 0 bridgehead atoms. The molecule has 7 aromatic carbocycles. The van der Waals surface area contributed by atoms with Crippen molar-refractivity contribution in [3.05, 3.63) is 217 Å². The Morgan fingerprint density at radius 3 is 1.75 bits per heavy atom. The first kappa shape index (κ1) is 32.7. The van der Waals surface area contributed by atoms with Crippen molar-refractivity contribution in [2.75, 3.05) is 4.90 Å². The van der Waals surface area contributed by atoms with Crippen molar-refractivity contribution >= 4 is 39.8 Å². The quantitative estimate of drug-likeness (QED) is 0.165. The summed E-state index contributed by atoms with van der Waals surface area (Å²) < 4.78 is 6.34. The van der Waals surface area contributed by atoms with Crippen LogP contribution >= 0.6 is 0 Å². The van der Waals surface area contributed by atoms with E-state index in [-0.39, 0.29) is 11.3 Å². The predicted octanol–water partition coefficient (Wildman–Crippen LogP) is 14.1. The highest BCUT2D eigenvalue weighted by Gasteiger charge is 2.37. The number of fused-ring (bicyclic) bond motifs is 5. The van der Waals surface area contributed by atoms with Gasteiger partial charge in [-0.2, -0.15) is 0 Å². The Morgan fingerprint density at radius 1 is 0.509 bits per heavy atom. The molecule has 0 spiro atoms. The summed E-state index contributed by atoms with van der Waals surface area (Å²) >= 11 is 0. The van der Waals surface area contributed by atoms with Crippen molar-refractivity contribution in [2.24, 2.45) is 5.41 Å². The number of benzene rings is 7. The van der Waals surface area contributed by atoms with Crippen LogP contribution in [0.4, 0.5) is 17.1 Å². The number of nitrogens with zero attached hydrogens (tertiary/aromatic N) is 2. The van der Waals surface area contributed by atoms with Gasteiger partial charge >= 0.3 is 0 Å². The molecular weight excluding hydrogens is 669 g/mol. The van der Waals surface area contributed by atoms with Gasteiger partial charge in [0.1, 0.15) is 5.52 Å². The Bertz CT molecular complexity index is 2740. The average molecular weight is 707 g/mol. The lowest BCUT2D eigenvalue weighted by Crippen LogP contribution is -2.25. The molecule has 2 unspecified atom stereocenters. The zero-order valence-corrected chi connectivity index (χ0v) is 30.5. The summed E-state index contributed by atoms with van der Waals surface area (Å²) in [6, 6.07) is 62.2. The number of hydrogen-bond donors (Lipinski definition) is 0. The molecule has 2 aliphatic carbocycles. The van der Waals surface area contributed by atoms with Crippen LogP contribution in [0.25, 0.3) is 56.5 Å². The van der Waals surface area contributed by atoms with E-state index >= 15 is 0 Å². The first-order valence-corrected chi connectivity index (χ1v) is 18.9. The van der Waals surface area contributed by atoms with Crippen LogP contribution in [0, 0.1) is 5.41 Å². The first-order chi connectivity index (χ1) is 27.1. The molecule has 0 aliphatic heterocycles. The maximum absolute atomic E-state index is 6.34. The summed E-state index contributed by atoms with van der Waals surface area (Å²) in [7, 11) is 0. The zero-order valence-electron chi connectivity index (χ0n) is 30.5. The van der Waals surface area contributed by atoms with Crippen molar-refractivity contribution in [3.8, 4) is 33.7 Å². The van der Waals surface area contributed by atoms with Gasteiger partial charge in [0.2, 0.25) is 5.89 Å². The van der Waals surface area contributed by atoms with Crippen molar-refractivity contribution < 1.29 is 4.42 Å². The zero-order chi connectivity index (χ0) is 36.8. The van der Waals surface area contributed by atoms with Crippen LogP contribution < -0.4 is 4.90 Å². The molecule has 55 heavy (non-hydrogen) atoms. The highest BCUT2D eigenvalue weighted by molar-refractivity contribution is 5.89. The highest BCUT2D eigenvalue weighted by atomic mass is 16.3. The van der Waals surface area contributed by atoms with Crippen molar-refractivity contribution in [1.29, 1.82) is 0 Å². The Hall–Kier alpha value is -6.97. The maximum Gasteiger partial charge on any atom is 0.227 e. The molecule has 0 N–H and O–H groups in total. The van der Waals surface area contributed by atoms with Crippen LogP contribution in [0.5, 0.6) is 0 Å². The number of hydrogen-bond acceptors (Lipinski definition) is 3. The minimum atomic E-state index is -0.178. The number of rotatable bonds is 7. The van der Waals surface area contributed by atoms with E-state index in [0.717, 1.165) is 33.7 Å². The van der Waals surface area contributed by atoms with Gasteiger partial charge < -0.3 is 9.32 Å². The van der Waals surface area contributed by atoms with Crippen LogP contribution in [0.3, 0.4) is 0 Å². The van der Waals surface area contributed by atoms with Crippen LogP contribution in [0.2, 0.25) is 0 Å². The molecule has 0 radical (unpaired) electrons. The molecule has 3 heteroatoms. The van der Waals surface area contributed by atoms with Crippen LogP contribution in [0.15, 0.2) is 205 Å². The molecule has 8 aromatic rings. The lowest BCUT2D eigenvalue weighted by molar-refractivity contribution is 0.484. The van der Waals surface area contributed by atoms with Gasteiger partial charge in [-0.1, -0.05) is 159 Å². The molecule has 1 aromatic heterocycles. The number of anilines is 3. The maximum atomic E-state index is 6.34. The Labute approximate surface area is 321 Å². The van der Waals surface area contributed by atoms with Gasteiger partial charge in [0.25, 0.3) is 0 Å². The monoisotopic (exact) mass is 706 g/mol. The van der Waals surface area contributed by atoms with Gasteiger partial charge in [0.15, 0.2) is 5.58 Å². The molecule has 2 aliphatic rings. The van der Waals surface area contributed by atoms with Crippen molar-refractivity contribution in [2.45, 2.75) is 12.8 Å². The minimum Gasteiger partial charge on any atom is -0.436 e. The largest absolute Gasteiger partial charge is 0.436 e. The number of oxazole rings is 1. The second-order valence-corrected chi connectivity index (χ2v) is 14.6. The van der Waals surface area contributed by atoms with Crippen LogP contribution in [-0.2, 0) is 0 Å². The summed E-state index contributed by atoms with van der Waals surface area (Å²) in [5.74, 6) is 0.755. The van der Waals surface area contributed by atoms with Crippen LogP contribution in [0.1, 0.15) is 29.5 Å². The fourth-order valence-electron chi connectivity index (χ4n) is 8.15. The second kappa shape index (κ2) is 13.5. The van der Waals surface area contributed by atoms with Gasteiger partial charge in [-0.05, 0) is 99.1 Å². The van der Waals surface area contributed by atoms with Crippen molar-refractivity contribution in [3.63, 3.8) is 0 Å². The topological polar surface area (TPSA) is 29.3 Å². The molecule has 0 saturated carbocycles. The lowest BCUT2D eigenvalue weighted by atomic mass is 9.65. The third-order valence-electron chi connectivity index (χ3n) is 11.1. The Kier molecular flexibility index (Phi) is 8.00. The summed E-state index contributed by atoms with van der Waals surface area (Å²) in [6.45, 7) is 2.31. The summed E-state index contributed by atoms with van der Waals surface area (Å²) in [5.41, 5.74) is 15.4. The molecule has 0 saturated heterocycles. The fourth-order valence-corrected chi connectivity index (χ4v) is 8.15. The van der Waals surface area contributed by atoms with Crippen LogP contribution in [-0.4, -0.2) is 4.98 Å². The summed E-state index contributed by atoms with van der Waals surface area (Å²) in [6.07, 6.45) is 11.6. The second-order valence-electron chi connectivity index (χ2n) is 14.6. The van der Waals surface area contributed by atoms with E-state index in [1.165, 1.54) is 44.5 Å². The van der Waals surface area contributed by atoms with E-state index in [1.807, 2.05) is 30.3 Å². The van der Waals surface area contributed by atoms with Crippen molar-refractivity contribution in [1.82, 2.24) is 4.98 Å². The Morgan fingerprint density at radius 2 is 1.07 bits per heavy atom. The predicted molar refractivity (Wildman–Crippen MR) is 228 cm³/mol. The van der Waals surface area contributed by atoms with Gasteiger partial charge in [-0.3, -0.25) is 0 Å².